The summed E-state index contributed by atoms with van der Waals surface area (Å²) in [4.78, 5) is 13.2. The van der Waals surface area contributed by atoms with Gasteiger partial charge in [-0.3, -0.25) is 4.79 Å². The van der Waals surface area contributed by atoms with E-state index in [-0.39, 0.29) is 12.0 Å². The first-order valence-corrected chi connectivity index (χ1v) is 9.23. The fourth-order valence-electron chi connectivity index (χ4n) is 3.38. The van der Waals surface area contributed by atoms with Gasteiger partial charge in [-0.2, -0.15) is 0 Å². The molecule has 1 heterocycles. The summed E-state index contributed by atoms with van der Waals surface area (Å²) in [5.41, 5.74) is 2.49. The molecule has 1 fully saturated rings. The van der Waals surface area contributed by atoms with Crippen molar-refractivity contribution in [3.8, 4) is 5.75 Å². The molecule has 0 bridgehead atoms. The van der Waals surface area contributed by atoms with Gasteiger partial charge in [0.1, 0.15) is 5.75 Å². The van der Waals surface area contributed by atoms with Gasteiger partial charge < -0.3 is 14.8 Å². The Labute approximate surface area is 155 Å². The van der Waals surface area contributed by atoms with E-state index in [4.69, 9.17) is 9.47 Å². The molecule has 0 unspecified atom stereocenters. The fraction of sp³-hybridized carbons (Fsp3) is 0.409. The molecule has 1 amide bonds. The van der Waals surface area contributed by atoms with Gasteiger partial charge in [-0.15, -0.1) is 0 Å². The van der Waals surface area contributed by atoms with Crippen LogP contribution in [0.1, 0.15) is 37.8 Å². The van der Waals surface area contributed by atoms with E-state index in [0.29, 0.717) is 26.1 Å². The van der Waals surface area contributed by atoms with Crippen LogP contribution in [-0.2, 0) is 14.9 Å². The molecular formula is C22H27NO3. The molecule has 0 saturated carbocycles. The van der Waals surface area contributed by atoms with E-state index < -0.39 is 5.41 Å². The number of rotatable bonds is 5. The Kier molecular flexibility index (Phi) is 5.62. The second-order valence-corrected chi connectivity index (χ2v) is 7.21. The van der Waals surface area contributed by atoms with Crippen molar-refractivity contribution in [3.63, 3.8) is 0 Å². The normalized spacial score (nSPS) is 16.3. The van der Waals surface area contributed by atoms with Crippen molar-refractivity contribution in [2.75, 3.05) is 18.5 Å². The van der Waals surface area contributed by atoms with Gasteiger partial charge in [0, 0.05) is 18.9 Å². The molecule has 0 atom stereocenters. The van der Waals surface area contributed by atoms with Crippen molar-refractivity contribution < 1.29 is 14.3 Å². The summed E-state index contributed by atoms with van der Waals surface area (Å²) in [5, 5.41) is 3.10. The van der Waals surface area contributed by atoms with Gasteiger partial charge in [-0.25, -0.2) is 0 Å². The molecule has 0 radical (unpaired) electrons. The minimum atomic E-state index is -0.543. The summed E-state index contributed by atoms with van der Waals surface area (Å²) in [6.07, 6.45) is 1.51. The van der Waals surface area contributed by atoms with Gasteiger partial charge in [0.25, 0.3) is 0 Å². The molecule has 0 aromatic heterocycles. The van der Waals surface area contributed by atoms with Gasteiger partial charge in [0.2, 0.25) is 5.91 Å². The number of carbonyl (C=O) groups excluding carboxylic acids is 1. The molecule has 4 nitrogen and oxygen atoms in total. The number of carbonyl (C=O) groups is 1. The molecule has 26 heavy (non-hydrogen) atoms. The van der Waals surface area contributed by atoms with Crippen LogP contribution in [0.15, 0.2) is 48.5 Å². The van der Waals surface area contributed by atoms with E-state index in [1.807, 2.05) is 38.1 Å². The van der Waals surface area contributed by atoms with Crippen LogP contribution in [0, 0.1) is 6.92 Å². The van der Waals surface area contributed by atoms with E-state index >= 15 is 0 Å². The Morgan fingerprint density at radius 1 is 1.04 bits per heavy atom. The number of nitrogens with one attached hydrogen (secondary N) is 1. The third-order valence-corrected chi connectivity index (χ3v) is 4.87. The highest BCUT2D eigenvalue weighted by molar-refractivity contribution is 5.99. The van der Waals surface area contributed by atoms with Crippen LogP contribution >= 0.6 is 0 Å². The lowest BCUT2D eigenvalue weighted by molar-refractivity contribution is -0.125. The summed E-state index contributed by atoms with van der Waals surface area (Å²) >= 11 is 0. The van der Waals surface area contributed by atoms with Crippen LogP contribution in [0.2, 0.25) is 0 Å². The number of amides is 1. The molecule has 138 valence electrons. The van der Waals surface area contributed by atoms with Crippen LogP contribution < -0.4 is 10.1 Å². The molecule has 3 rings (SSSR count). The highest BCUT2D eigenvalue weighted by atomic mass is 16.5. The molecule has 1 aliphatic heterocycles. The summed E-state index contributed by atoms with van der Waals surface area (Å²) in [7, 11) is 0. The average Bonchev–Trinajstić information content (AvgIpc) is 2.64. The molecule has 1 N–H and O–H groups in total. The van der Waals surface area contributed by atoms with Crippen molar-refractivity contribution in [3.05, 3.63) is 59.7 Å². The summed E-state index contributed by atoms with van der Waals surface area (Å²) in [6.45, 7) is 7.24. The lowest BCUT2D eigenvalue weighted by Gasteiger charge is -2.36. The van der Waals surface area contributed by atoms with E-state index in [1.54, 1.807) is 0 Å². The number of hydrogen-bond acceptors (Lipinski definition) is 3. The third kappa shape index (κ3) is 4.07. The van der Waals surface area contributed by atoms with Crippen molar-refractivity contribution in [2.24, 2.45) is 0 Å². The summed E-state index contributed by atoms with van der Waals surface area (Å²) in [6, 6.07) is 15.8. The molecule has 4 heteroatoms. The van der Waals surface area contributed by atoms with E-state index in [1.165, 1.54) is 5.56 Å². The van der Waals surface area contributed by atoms with Gasteiger partial charge in [-0.05, 0) is 63.4 Å². The number of hydrogen-bond donors (Lipinski definition) is 1. The lowest BCUT2D eigenvalue weighted by Crippen LogP contribution is -2.44. The van der Waals surface area contributed by atoms with Crippen molar-refractivity contribution in [1.29, 1.82) is 0 Å². The molecule has 2 aromatic carbocycles. The smallest absolute Gasteiger partial charge is 0.235 e. The zero-order chi connectivity index (χ0) is 18.6. The van der Waals surface area contributed by atoms with Gasteiger partial charge in [-0.1, -0.05) is 29.8 Å². The second-order valence-electron chi connectivity index (χ2n) is 7.21. The number of anilines is 1. The molecule has 0 spiro atoms. The lowest BCUT2D eigenvalue weighted by atomic mass is 9.73. The SMILES string of the molecule is Cc1ccc(C2(C(=O)Nc3ccc(OC(C)C)cc3)CCOCC2)cc1. The largest absolute Gasteiger partial charge is 0.491 e. The molecule has 1 saturated heterocycles. The Balaban J connectivity index is 1.81. The number of ether oxygens (including phenoxy) is 2. The summed E-state index contributed by atoms with van der Waals surface area (Å²) < 4.78 is 11.2. The van der Waals surface area contributed by atoms with Crippen molar-refractivity contribution >= 4 is 11.6 Å². The van der Waals surface area contributed by atoms with Crippen LogP contribution in [0.3, 0.4) is 0 Å². The van der Waals surface area contributed by atoms with E-state index in [2.05, 4.69) is 36.5 Å². The van der Waals surface area contributed by atoms with Crippen LogP contribution in [0.5, 0.6) is 5.75 Å². The van der Waals surface area contributed by atoms with Crippen LogP contribution in [-0.4, -0.2) is 25.2 Å². The maximum absolute atomic E-state index is 13.2. The fourth-order valence-corrected chi connectivity index (χ4v) is 3.38. The highest BCUT2D eigenvalue weighted by Crippen LogP contribution is 2.36. The van der Waals surface area contributed by atoms with Gasteiger partial charge >= 0.3 is 0 Å². The quantitative estimate of drug-likeness (QED) is 0.863. The first-order chi connectivity index (χ1) is 12.5. The molecule has 1 aliphatic rings. The minimum absolute atomic E-state index is 0.0298. The second kappa shape index (κ2) is 7.92. The maximum Gasteiger partial charge on any atom is 0.235 e. The van der Waals surface area contributed by atoms with Gasteiger partial charge in [0.05, 0.1) is 11.5 Å². The van der Waals surface area contributed by atoms with Crippen LogP contribution in [0.25, 0.3) is 0 Å². The van der Waals surface area contributed by atoms with E-state index in [9.17, 15) is 4.79 Å². The van der Waals surface area contributed by atoms with Crippen molar-refractivity contribution in [1.82, 2.24) is 0 Å². The predicted molar refractivity (Wildman–Crippen MR) is 104 cm³/mol. The first-order valence-electron chi connectivity index (χ1n) is 9.23. The minimum Gasteiger partial charge on any atom is -0.491 e. The highest BCUT2D eigenvalue weighted by Gasteiger charge is 2.41. The maximum atomic E-state index is 13.2. The number of aryl methyl sites for hydroxylation is 1. The third-order valence-electron chi connectivity index (χ3n) is 4.87. The van der Waals surface area contributed by atoms with Crippen molar-refractivity contribution in [2.45, 2.75) is 45.1 Å². The monoisotopic (exact) mass is 353 g/mol. The first kappa shape index (κ1) is 18.5. The zero-order valence-corrected chi connectivity index (χ0v) is 15.7. The van der Waals surface area contributed by atoms with E-state index in [0.717, 1.165) is 17.0 Å². The summed E-state index contributed by atoms with van der Waals surface area (Å²) in [5.74, 6) is 0.833. The molecule has 0 aliphatic carbocycles. The molecule has 2 aromatic rings. The van der Waals surface area contributed by atoms with Crippen LogP contribution in [0.4, 0.5) is 5.69 Å². The Bertz CT molecular complexity index is 729. The Morgan fingerprint density at radius 3 is 2.23 bits per heavy atom. The average molecular weight is 353 g/mol. The zero-order valence-electron chi connectivity index (χ0n) is 15.7. The standard InChI is InChI=1S/C22H27NO3/c1-16(2)26-20-10-8-19(9-11-20)23-21(24)22(12-14-25-15-13-22)18-6-4-17(3)5-7-18/h4-11,16H,12-15H2,1-3H3,(H,23,24). The predicted octanol–water partition coefficient (Wildman–Crippen LogP) is 4.47. The Hall–Kier alpha value is -2.33. The number of benzene rings is 2. The Morgan fingerprint density at radius 2 is 1.65 bits per heavy atom. The van der Waals surface area contributed by atoms with Gasteiger partial charge in [0.15, 0.2) is 0 Å². The molecular weight excluding hydrogens is 326 g/mol. The topological polar surface area (TPSA) is 47.6 Å².